The molecule has 3 heterocycles. The van der Waals surface area contributed by atoms with Crippen molar-refractivity contribution in [3.05, 3.63) is 113 Å². The van der Waals surface area contributed by atoms with Crippen LogP contribution in [0.1, 0.15) is 29.9 Å². The SMILES string of the molecule is COCCOC(=O)C1=C(C)N=c2sc(=Cc3ccc(-c4ccc([N+](=O)[O-])cc4C)o3)c(=O)n2C1c1ccccc1OC. The quantitative estimate of drug-likeness (QED) is 0.124. The summed E-state index contributed by atoms with van der Waals surface area (Å²) in [5.74, 6) is 0.817. The van der Waals surface area contributed by atoms with Crippen LogP contribution in [0.4, 0.5) is 5.69 Å². The summed E-state index contributed by atoms with van der Waals surface area (Å²) in [5, 5.41) is 11.1. The van der Waals surface area contributed by atoms with Gasteiger partial charge in [0.15, 0.2) is 4.80 Å². The number of carbonyl (C=O) groups is 1. The Bertz CT molecular complexity index is 1900. The second kappa shape index (κ2) is 12.0. The average Bonchev–Trinajstić information content (AvgIpc) is 3.56. The predicted molar refractivity (Wildman–Crippen MR) is 155 cm³/mol. The van der Waals surface area contributed by atoms with Gasteiger partial charge in [0.05, 0.1) is 34.4 Å². The molecule has 1 atom stereocenters. The van der Waals surface area contributed by atoms with Crippen LogP contribution in [0.15, 0.2) is 80.1 Å². The smallest absolute Gasteiger partial charge is 0.338 e. The third-order valence-electron chi connectivity index (χ3n) is 6.78. The fourth-order valence-electron chi connectivity index (χ4n) is 4.81. The van der Waals surface area contributed by atoms with Crippen molar-refractivity contribution in [1.29, 1.82) is 0 Å². The van der Waals surface area contributed by atoms with Crippen LogP contribution in [0.2, 0.25) is 0 Å². The Hall–Kier alpha value is -4.81. The van der Waals surface area contributed by atoms with Crippen LogP contribution in [-0.4, -0.2) is 42.9 Å². The van der Waals surface area contributed by atoms with Gasteiger partial charge in [-0.3, -0.25) is 19.5 Å². The van der Waals surface area contributed by atoms with Crippen molar-refractivity contribution in [2.75, 3.05) is 27.4 Å². The van der Waals surface area contributed by atoms with Gasteiger partial charge in [0.1, 0.15) is 29.9 Å². The van der Waals surface area contributed by atoms with Gasteiger partial charge in [-0.15, -0.1) is 0 Å². The average molecular weight is 590 g/mol. The van der Waals surface area contributed by atoms with E-state index in [1.807, 2.05) is 6.07 Å². The highest BCUT2D eigenvalue weighted by atomic mass is 32.1. The first-order valence-corrected chi connectivity index (χ1v) is 13.7. The summed E-state index contributed by atoms with van der Waals surface area (Å²) in [5.41, 5.74) is 2.26. The monoisotopic (exact) mass is 589 g/mol. The number of furan rings is 1. The molecular formula is C30H27N3O8S. The molecule has 1 aliphatic heterocycles. The van der Waals surface area contributed by atoms with E-state index in [0.717, 1.165) is 0 Å². The Morgan fingerprint density at radius 2 is 1.93 bits per heavy atom. The molecule has 0 N–H and O–H groups in total. The molecular weight excluding hydrogens is 562 g/mol. The van der Waals surface area contributed by atoms with Crippen molar-refractivity contribution in [2.24, 2.45) is 4.99 Å². The van der Waals surface area contributed by atoms with E-state index >= 15 is 0 Å². The minimum Gasteiger partial charge on any atom is -0.496 e. The number of allylic oxidation sites excluding steroid dienone is 1. The number of non-ortho nitro benzene ring substituents is 1. The van der Waals surface area contributed by atoms with Crippen molar-refractivity contribution in [3.8, 4) is 17.1 Å². The van der Waals surface area contributed by atoms with E-state index in [4.69, 9.17) is 18.6 Å². The molecule has 4 aromatic rings. The lowest BCUT2D eigenvalue weighted by Gasteiger charge is -2.26. The number of nitrogens with zero attached hydrogens (tertiary/aromatic N) is 3. The van der Waals surface area contributed by atoms with Gasteiger partial charge in [-0.2, -0.15) is 0 Å². The van der Waals surface area contributed by atoms with Gasteiger partial charge in [-0.1, -0.05) is 29.5 Å². The Morgan fingerprint density at radius 1 is 1.14 bits per heavy atom. The van der Waals surface area contributed by atoms with Gasteiger partial charge >= 0.3 is 5.97 Å². The number of fused-ring (bicyclic) bond motifs is 1. The highest BCUT2D eigenvalue weighted by Gasteiger charge is 2.35. The number of nitro groups is 1. The number of methoxy groups -OCH3 is 2. The fraction of sp³-hybridized carbons (Fsp3) is 0.233. The minimum absolute atomic E-state index is 0.00835. The molecule has 0 bridgehead atoms. The van der Waals surface area contributed by atoms with Gasteiger partial charge < -0.3 is 18.6 Å². The summed E-state index contributed by atoms with van der Waals surface area (Å²) >= 11 is 1.17. The highest BCUT2D eigenvalue weighted by Crippen LogP contribution is 2.35. The molecule has 12 heteroatoms. The minimum atomic E-state index is -0.843. The Kier molecular flexibility index (Phi) is 8.18. The Morgan fingerprint density at radius 3 is 2.64 bits per heavy atom. The lowest BCUT2D eigenvalue weighted by Crippen LogP contribution is -2.40. The molecule has 0 amide bonds. The van der Waals surface area contributed by atoms with E-state index in [9.17, 15) is 19.7 Å². The molecule has 5 rings (SSSR count). The molecule has 2 aromatic carbocycles. The normalized spacial score (nSPS) is 14.9. The first kappa shape index (κ1) is 28.7. The van der Waals surface area contributed by atoms with Gasteiger partial charge in [-0.25, -0.2) is 9.79 Å². The lowest BCUT2D eigenvalue weighted by molar-refractivity contribution is -0.384. The second-order valence-electron chi connectivity index (χ2n) is 9.41. The van der Waals surface area contributed by atoms with E-state index in [0.29, 0.717) is 49.0 Å². The number of aryl methyl sites for hydroxylation is 1. The van der Waals surface area contributed by atoms with Gasteiger partial charge in [0.2, 0.25) is 0 Å². The second-order valence-corrected chi connectivity index (χ2v) is 10.4. The maximum atomic E-state index is 13.9. The van der Waals surface area contributed by atoms with E-state index in [2.05, 4.69) is 4.99 Å². The number of hydrogen-bond donors (Lipinski definition) is 0. The molecule has 0 saturated heterocycles. The highest BCUT2D eigenvalue weighted by molar-refractivity contribution is 7.07. The molecule has 1 unspecified atom stereocenters. The molecule has 2 aromatic heterocycles. The molecule has 0 aliphatic carbocycles. The Labute approximate surface area is 243 Å². The summed E-state index contributed by atoms with van der Waals surface area (Å²) < 4.78 is 23.9. The van der Waals surface area contributed by atoms with E-state index in [-0.39, 0.29) is 30.0 Å². The van der Waals surface area contributed by atoms with Crippen LogP contribution in [0.3, 0.4) is 0 Å². The number of ether oxygens (including phenoxy) is 3. The number of carbonyl (C=O) groups excluding carboxylic acids is 1. The molecule has 0 saturated carbocycles. The molecule has 216 valence electrons. The molecule has 0 fully saturated rings. The number of nitro benzene ring substituents is 1. The number of aromatic nitrogens is 1. The van der Waals surface area contributed by atoms with Crippen molar-refractivity contribution in [3.63, 3.8) is 0 Å². The summed E-state index contributed by atoms with van der Waals surface area (Å²) in [6, 6.07) is 14.3. The third kappa shape index (κ3) is 5.41. The number of rotatable bonds is 9. The van der Waals surface area contributed by atoms with Gasteiger partial charge in [0, 0.05) is 36.4 Å². The van der Waals surface area contributed by atoms with Crippen LogP contribution < -0.4 is 19.6 Å². The number of thiazole rings is 1. The van der Waals surface area contributed by atoms with Gasteiger partial charge in [-0.05, 0) is 43.7 Å². The summed E-state index contributed by atoms with van der Waals surface area (Å²) in [6.45, 7) is 3.74. The molecule has 1 aliphatic rings. The van der Waals surface area contributed by atoms with Crippen molar-refractivity contribution in [1.82, 2.24) is 4.57 Å². The number of hydrogen-bond acceptors (Lipinski definition) is 10. The summed E-state index contributed by atoms with van der Waals surface area (Å²) in [4.78, 5) is 42.9. The van der Waals surface area contributed by atoms with Crippen LogP contribution in [0.5, 0.6) is 5.75 Å². The van der Waals surface area contributed by atoms with E-state index in [1.165, 1.54) is 42.3 Å². The van der Waals surface area contributed by atoms with Crippen molar-refractivity contribution < 1.29 is 28.3 Å². The van der Waals surface area contributed by atoms with Crippen molar-refractivity contribution in [2.45, 2.75) is 19.9 Å². The Balaban J connectivity index is 1.60. The maximum absolute atomic E-state index is 13.9. The number of esters is 1. The largest absolute Gasteiger partial charge is 0.496 e. The van der Waals surface area contributed by atoms with Crippen LogP contribution in [-0.2, 0) is 14.3 Å². The van der Waals surface area contributed by atoms with E-state index < -0.39 is 16.9 Å². The van der Waals surface area contributed by atoms with Crippen LogP contribution in [0.25, 0.3) is 17.4 Å². The molecule has 11 nitrogen and oxygen atoms in total. The zero-order chi connectivity index (χ0) is 30.0. The molecule has 42 heavy (non-hydrogen) atoms. The van der Waals surface area contributed by atoms with Crippen LogP contribution in [0, 0.1) is 17.0 Å². The van der Waals surface area contributed by atoms with Gasteiger partial charge in [0.25, 0.3) is 11.2 Å². The maximum Gasteiger partial charge on any atom is 0.338 e. The van der Waals surface area contributed by atoms with Crippen molar-refractivity contribution >= 4 is 29.1 Å². The first-order valence-electron chi connectivity index (χ1n) is 12.9. The zero-order valence-electron chi connectivity index (χ0n) is 23.3. The fourth-order valence-corrected chi connectivity index (χ4v) is 5.83. The third-order valence-corrected chi connectivity index (χ3v) is 7.77. The predicted octanol–water partition coefficient (Wildman–Crippen LogP) is 3.91. The van der Waals surface area contributed by atoms with Crippen LogP contribution >= 0.6 is 11.3 Å². The molecule has 0 spiro atoms. The first-order chi connectivity index (χ1) is 20.2. The standard InChI is InChI=1S/C30H27N3O8S/c1-17-15-19(33(36)37)9-11-21(17)24-12-10-20(41-24)16-25-28(34)32-27(22-7-5-6-8-23(22)39-4)26(18(2)31-30(32)42-25)29(35)40-14-13-38-3/h5-12,15-16,27H,13-14H2,1-4H3. The number of para-hydroxylation sites is 1. The topological polar surface area (TPSA) is 135 Å². The lowest BCUT2D eigenvalue weighted by atomic mass is 9.95. The number of benzene rings is 2. The van der Waals surface area contributed by atoms with E-state index in [1.54, 1.807) is 56.3 Å². The molecule has 0 radical (unpaired) electrons. The zero-order valence-corrected chi connectivity index (χ0v) is 24.1. The summed E-state index contributed by atoms with van der Waals surface area (Å²) in [6.07, 6.45) is 1.61. The summed E-state index contributed by atoms with van der Waals surface area (Å²) in [7, 11) is 3.03.